The number of ether oxygens (including phenoxy) is 2. The number of hydrogen-bond donors (Lipinski definition) is 3. The molecular formula is C70H105BrN6O9. The lowest BCUT2D eigenvalue weighted by Crippen LogP contribution is -2.53. The number of para-hydroxylation sites is 2. The van der Waals surface area contributed by atoms with E-state index < -0.39 is 64.1 Å². The molecule has 0 bridgehead atoms. The Bertz CT molecular complexity index is 2680. The third kappa shape index (κ3) is 20.0. The van der Waals surface area contributed by atoms with Crippen molar-refractivity contribution in [1.82, 2.24) is 5.32 Å². The number of carbonyl (C=O) groups excluding carboxylic acids is 5. The minimum Gasteiger partial charge on any atom is -0.481 e. The van der Waals surface area contributed by atoms with E-state index in [0.717, 1.165) is 72.4 Å². The smallest absolute Gasteiger partial charge is 0.314 e. The number of anilines is 2. The number of amides is 3. The van der Waals surface area contributed by atoms with Crippen LogP contribution in [-0.2, 0) is 38.2 Å². The van der Waals surface area contributed by atoms with Crippen LogP contribution in [0.4, 0.5) is 11.4 Å². The van der Waals surface area contributed by atoms with E-state index in [1.807, 2.05) is 90.9 Å². The largest absolute Gasteiger partial charge is 0.481 e. The lowest BCUT2D eigenvalue weighted by Gasteiger charge is -2.39. The molecule has 15 nitrogen and oxygen atoms in total. The van der Waals surface area contributed by atoms with Crippen LogP contribution in [0.1, 0.15) is 196 Å². The molecule has 6 rings (SSSR count). The number of carboxylic acids is 1. The van der Waals surface area contributed by atoms with Gasteiger partial charge >= 0.3 is 17.9 Å². The van der Waals surface area contributed by atoms with Crippen LogP contribution in [-0.4, -0.2) is 89.8 Å². The molecular weight excluding hydrogens is 1150 g/mol. The molecule has 2 aliphatic heterocycles. The van der Waals surface area contributed by atoms with Crippen LogP contribution in [0, 0.1) is 46.3 Å². The Morgan fingerprint density at radius 2 is 0.953 bits per heavy atom. The van der Waals surface area contributed by atoms with Crippen molar-refractivity contribution in [2.45, 2.75) is 208 Å². The van der Waals surface area contributed by atoms with Crippen LogP contribution < -0.4 is 20.9 Å². The number of benzene rings is 2. The number of nitrogens with two attached hydrogens (primary N) is 1. The maximum atomic E-state index is 14.4. The summed E-state index contributed by atoms with van der Waals surface area (Å²) in [6.07, 6.45) is 20.4. The summed E-state index contributed by atoms with van der Waals surface area (Å²) in [5, 5.41) is 12.7. The predicted molar refractivity (Wildman–Crippen MR) is 355 cm³/mol. The van der Waals surface area contributed by atoms with E-state index in [2.05, 4.69) is 42.7 Å². The minimum absolute atomic E-state index is 0. The van der Waals surface area contributed by atoms with Crippen LogP contribution in [0.15, 0.2) is 109 Å². The lowest BCUT2D eigenvalue weighted by molar-refractivity contribution is -0.177. The van der Waals surface area contributed by atoms with Crippen LogP contribution in [0.5, 0.6) is 0 Å². The van der Waals surface area contributed by atoms with Gasteiger partial charge in [-0.3, -0.25) is 38.8 Å². The molecule has 2 aromatic rings. The number of rotatable bonds is 21. The zero-order valence-corrected chi connectivity index (χ0v) is 55.8. The third-order valence-corrected chi connectivity index (χ3v) is 16.5. The summed E-state index contributed by atoms with van der Waals surface area (Å²) in [6.45, 7) is 33.9. The number of fused-ring (bicyclic) bond motifs is 2. The predicted octanol–water partition coefficient (Wildman–Crippen LogP) is 14.5. The van der Waals surface area contributed by atoms with E-state index in [0.29, 0.717) is 18.8 Å². The number of aliphatic carboxylic acids is 1. The fraction of sp³-hybridized carbons (Fsp3) is 0.600. The number of nitrogens with zero attached hydrogens (tertiary/aromatic N) is 4. The molecule has 2 aliphatic carbocycles. The van der Waals surface area contributed by atoms with Gasteiger partial charge in [0.2, 0.25) is 12.1 Å². The number of hydrogen-bond acceptors (Lipinski definition) is 11. The fourth-order valence-corrected chi connectivity index (χ4v) is 12.4. The minimum atomic E-state index is -1.22. The number of esters is 2. The van der Waals surface area contributed by atoms with Crippen molar-refractivity contribution in [2.75, 3.05) is 23.9 Å². The summed E-state index contributed by atoms with van der Waals surface area (Å²) in [4.78, 5) is 92.0. The number of carboxylic acid groups (broad SMARTS) is 1. The van der Waals surface area contributed by atoms with Gasteiger partial charge in [-0.1, -0.05) is 140 Å². The Labute approximate surface area is 526 Å². The molecule has 2 fully saturated rings. The number of aliphatic imine (C=N–C) groups is 2. The van der Waals surface area contributed by atoms with Gasteiger partial charge in [0.1, 0.15) is 11.2 Å². The highest BCUT2D eigenvalue weighted by molar-refractivity contribution is 8.93. The van der Waals surface area contributed by atoms with Gasteiger partial charge in [0.15, 0.2) is 6.17 Å². The summed E-state index contributed by atoms with van der Waals surface area (Å²) in [5.74, 6) is -3.51. The van der Waals surface area contributed by atoms with E-state index in [1.165, 1.54) is 38.5 Å². The van der Waals surface area contributed by atoms with Gasteiger partial charge in [-0.2, -0.15) is 0 Å². The average molecular weight is 1250 g/mol. The molecule has 0 spiro atoms. The Hall–Kier alpha value is -6.00. The first-order chi connectivity index (χ1) is 40.0. The molecule has 2 unspecified atom stereocenters. The van der Waals surface area contributed by atoms with Crippen molar-refractivity contribution in [3.8, 4) is 0 Å². The molecule has 4 N–H and O–H groups in total. The molecule has 0 aromatic heterocycles. The van der Waals surface area contributed by atoms with Crippen molar-refractivity contribution in [3.05, 3.63) is 110 Å². The summed E-state index contributed by atoms with van der Waals surface area (Å²) >= 11 is 0. The number of likely N-dealkylation sites (N-methyl/N-ethyl adjacent to an activating group) is 2. The summed E-state index contributed by atoms with van der Waals surface area (Å²) < 4.78 is 11.4. The lowest BCUT2D eigenvalue weighted by atomic mass is 9.67. The molecule has 476 valence electrons. The Balaban J connectivity index is 0.000000370. The van der Waals surface area contributed by atoms with Gasteiger partial charge in [-0.25, -0.2) is 0 Å². The second-order valence-electron chi connectivity index (χ2n) is 26.6. The zero-order valence-electron chi connectivity index (χ0n) is 54.1. The topological polar surface area (TPSA) is 210 Å². The highest BCUT2D eigenvalue weighted by Gasteiger charge is 2.52. The van der Waals surface area contributed by atoms with E-state index in [4.69, 9.17) is 20.2 Å². The third-order valence-electron chi connectivity index (χ3n) is 16.5. The second kappa shape index (κ2) is 33.9. The van der Waals surface area contributed by atoms with Gasteiger partial charge in [0.05, 0.1) is 39.8 Å². The molecule has 16 heteroatoms. The number of halogens is 1. The van der Waals surface area contributed by atoms with Crippen LogP contribution in [0.3, 0.4) is 0 Å². The van der Waals surface area contributed by atoms with Crippen molar-refractivity contribution in [1.29, 1.82) is 0 Å². The highest BCUT2D eigenvalue weighted by Crippen LogP contribution is 2.45. The van der Waals surface area contributed by atoms with Crippen LogP contribution in [0.25, 0.3) is 0 Å². The second-order valence-corrected chi connectivity index (χ2v) is 26.6. The van der Waals surface area contributed by atoms with Gasteiger partial charge in [-0.05, 0) is 130 Å². The summed E-state index contributed by atoms with van der Waals surface area (Å²) in [7, 11) is 3.52. The standard InChI is InChI=1S/C35H51N3O4.C18H30O4.C17H23N3O.BrH/c1-9-21-35(22-10-2,33(41)42-34(5,6)7)27(23-24(3)4)31(39)37-30-32(40)38(8)28-20-16-15-19-26(28)29(36-30)25-17-13-11-12-14-18-25;1-8-10-18(11-9-2,16(21)22-17(5,6)7)14(15(19)20)12-13(3)4;1-20-14-11-7-6-10-13(14)15(19-16(18)17(20)21)12-8-4-2-3-5-9-12;/h9-10,15-16,19-20,24-25,27,30H,1-2,11-14,17-18,21-23H2,3-8H3,(H,37,39);8-9,13-14H,1-2,10-12H2,3-7H3,(H,19,20);6-7,10-12,16H,2-5,8-9,18H2,1H3;1H/t27-,30?;14-;;/m00../s1. The molecule has 3 amide bonds. The van der Waals surface area contributed by atoms with E-state index in [-0.39, 0.29) is 78.1 Å². The number of allylic oxidation sites excluding steroid dienone is 4. The molecule has 0 radical (unpaired) electrons. The van der Waals surface area contributed by atoms with Crippen molar-refractivity contribution >= 4 is 75.4 Å². The Kier molecular flexibility index (Phi) is 29.3. The zero-order chi connectivity index (χ0) is 63.5. The first-order valence-electron chi connectivity index (χ1n) is 31.1. The molecule has 86 heavy (non-hydrogen) atoms. The highest BCUT2D eigenvalue weighted by atomic mass is 79.9. The summed E-state index contributed by atoms with van der Waals surface area (Å²) in [5.41, 5.74) is 7.87. The molecule has 2 aromatic carbocycles. The number of carbonyl (C=O) groups is 6. The van der Waals surface area contributed by atoms with Crippen LogP contribution in [0.2, 0.25) is 0 Å². The summed E-state index contributed by atoms with van der Waals surface area (Å²) in [6, 6.07) is 15.9. The first kappa shape index (κ1) is 74.3. The van der Waals surface area contributed by atoms with Gasteiger partial charge in [0.25, 0.3) is 11.8 Å². The number of benzodiazepines with no additional fused rings is 2. The normalized spacial score (nSPS) is 18.7. The van der Waals surface area contributed by atoms with Crippen LogP contribution >= 0.6 is 17.0 Å². The SMILES string of the molecule is Br.C=CCC(CC=C)(C(=O)OC(C)(C)C)[C@@H](CC(C)C)C(=O)NC1N=C(C2CCCCCC2)c2ccccc2N(C)C1=O.C=CCC(CC=C)(C(=O)OC(C)(C)C)[C@@H](CC(C)C)C(=O)O.CN1C(=O)C(N)N=C(C2CCCCCC2)c2ccccc21. The van der Waals surface area contributed by atoms with Gasteiger partial charge in [0, 0.05) is 42.8 Å². The quantitative estimate of drug-likeness (QED) is 0.0611. The van der Waals surface area contributed by atoms with Gasteiger partial charge in [-0.15, -0.1) is 43.3 Å². The molecule has 4 atom stereocenters. The fourth-order valence-electron chi connectivity index (χ4n) is 12.4. The van der Waals surface area contributed by atoms with E-state index in [9.17, 15) is 33.9 Å². The van der Waals surface area contributed by atoms with Gasteiger partial charge < -0.3 is 35.4 Å². The Morgan fingerprint density at radius 3 is 1.31 bits per heavy atom. The Morgan fingerprint density at radius 1 is 0.605 bits per heavy atom. The maximum Gasteiger partial charge on any atom is 0.314 e. The monoisotopic (exact) mass is 1250 g/mol. The molecule has 0 saturated heterocycles. The van der Waals surface area contributed by atoms with Crippen molar-refractivity contribution in [3.63, 3.8) is 0 Å². The molecule has 4 aliphatic rings. The average Bonchev–Trinajstić information content (AvgIpc) is 1.62. The van der Waals surface area contributed by atoms with Crippen molar-refractivity contribution < 1.29 is 43.3 Å². The number of nitrogens with one attached hydrogen (secondary N) is 1. The molecule has 2 saturated carbocycles. The van der Waals surface area contributed by atoms with Crippen molar-refractivity contribution in [2.24, 2.45) is 62.1 Å². The first-order valence-corrected chi connectivity index (χ1v) is 31.1. The molecule has 2 heterocycles. The van der Waals surface area contributed by atoms with E-state index in [1.54, 1.807) is 69.0 Å². The maximum absolute atomic E-state index is 14.4. The van der Waals surface area contributed by atoms with E-state index >= 15 is 0 Å².